The van der Waals surface area contributed by atoms with E-state index in [-0.39, 0.29) is 18.8 Å². The van der Waals surface area contributed by atoms with Crippen LogP contribution < -0.4 is 0 Å². The van der Waals surface area contributed by atoms with E-state index in [1.807, 2.05) is 0 Å². The third kappa shape index (κ3) is 5.49. The van der Waals surface area contributed by atoms with Gasteiger partial charge in [-0.3, -0.25) is 9.79 Å². The average Bonchev–Trinajstić information content (AvgIpc) is 2.75. The lowest BCUT2D eigenvalue weighted by molar-refractivity contribution is -0.138. The number of rotatable bonds is 6. The molecule has 1 fully saturated rings. The molecule has 0 N–H and O–H groups in total. The summed E-state index contributed by atoms with van der Waals surface area (Å²) < 4.78 is 15.0. The average molecular weight is 215 g/mol. The quantitative estimate of drug-likeness (QED) is 0.373. The lowest BCUT2D eigenvalue weighted by Gasteiger charge is -2.06. The number of nitrogens with zero attached hydrogens (tertiary/aromatic N) is 1. The standard InChI is InChI=1S/C10H17NO4/c1-13-9(12)8-11-5-3-2-4-10-14-6-7-15-10/h5,10H,2-4,6-8H2,1H3. The minimum Gasteiger partial charge on any atom is -0.468 e. The second kappa shape index (κ2) is 7.36. The number of carbonyl (C=O) groups excluding carboxylic acids is 1. The van der Waals surface area contributed by atoms with E-state index in [9.17, 15) is 4.79 Å². The van der Waals surface area contributed by atoms with Crippen molar-refractivity contribution in [3.05, 3.63) is 0 Å². The normalized spacial score (nSPS) is 17.4. The van der Waals surface area contributed by atoms with Crippen molar-refractivity contribution in [1.29, 1.82) is 0 Å². The molecule has 0 aromatic heterocycles. The van der Waals surface area contributed by atoms with Gasteiger partial charge in [0.25, 0.3) is 0 Å². The van der Waals surface area contributed by atoms with Crippen molar-refractivity contribution >= 4 is 12.2 Å². The van der Waals surface area contributed by atoms with Crippen molar-refractivity contribution in [1.82, 2.24) is 0 Å². The van der Waals surface area contributed by atoms with E-state index in [2.05, 4.69) is 9.73 Å². The van der Waals surface area contributed by atoms with E-state index in [0.29, 0.717) is 13.2 Å². The molecule has 1 saturated heterocycles. The van der Waals surface area contributed by atoms with Gasteiger partial charge in [-0.1, -0.05) is 0 Å². The number of hydrogen-bond donors (Lipinski definition) is 0. The maximum atomic E-state index is 10.7. The Morgan fingerprint density at radius 1 is 1.53 bits per heavy atom. The predicted molar refractivity (Wildman–Crippen MR) is 54.9 cm³/mol. The van der Waals surface area contributed by atoms with Crippen molar-refractivity contribution in [3.8, 4) is 0 Å². The third-order valence-electron chi connectivity index (χ3n) is 2.04. The van der Waals surface area contributed by atoms with Gasteiger partial charge in [-0.05, 0) is 25.5 Å². The Bertz CT molecular complexity index is 211. The highest BCUT2D eigenvalue weighted by molar-refractivity contribution is 5.73. The van der Waals surface area contributed by atoms with Gasteiger partial charge in [0.15, 0.2) is 6.29 Å². The molecular weight excluding hydrogens is 198 g/mol. The van der Waals surface area contributed by atoms with Crippen LogP contribution in [0.25, 0.3) is 0 Å². The molecule has 1 aliphatic heterocycles. The van der Waals surface area contributed by atoms with Crippen LogP contribution in [0.3, 0.4) is 0 Å². The fourth-order valence-electron chi connectivity index (χ4n) is 1.24. The Morgan fingerprint density at radius 2 is 2.27 bits per heavy atom. The van der Waals surface area contributed by atoms with Crippen LogP contribution in [0, 0.1) is 0 Å². The van der Waals surface area contributed by atoms with Crippen molar-refractivity contribution in [3.63, 3.8) is 0 Å². The highest BCUT2D eigenvalue weighted by Gasteiger charge is 2.14. The maximum Gasteiger partial charge on any atom is 0.327 e. The van der Waals surface area contributed by atoms with Gasteiger partial charge in [0.2, 0.25) is 0 Å². The van der Waals surface area contributed by atoms with Gasteiger partial charge in [-0.2, -0.15) is 0 Å². The smallest absolute Gasteiger partial charge is 0.327 e. The molecule has 15 heavy (non-hydrogen) atoms. The lowest BCUT2D eigenvalue weighted by Crippen LogP contribution is -2.07. The monoisotopic (exact) mass is 215 g/mol. The summed E-state index contributed by atoms with van der Waals surface area (Å²) >= 11 is 0. The molecule has 5 nitrogen and oxygen atoms in total. The zero-order valence-electron chi connectivity index (χ0n) is 8.98. The molecule has 0 spiro atoms. The highest BCUT2D eigenvalue weighted by atomic mass is 16.7. The number of esters is 1. The minimum absolute atomic E-state index is 0.0426. The van der Waals surface area contributed by atoms with E-state index in [1.165, 1.54) is 7.11 Å². The van der Waals surface area contributed by atoms with Gasteiger partial charge in [0.1, 0.15) is 6.54 Å². The fraction of sp³-hybridized carbons (Fsp3) is 0.800. The van der Waals surface area contributed by atoms with E-state index >= 15 is 0 Å². The van der Waals surface area contributed by atoms with Crippen LogP contribution in [0.1, 0.15) is 19.3 Å². The van der Waals surface area contributed by atoms with Crippen molar-refractivity contribution < 1.29 is 19.0 Å². The summed E-state index contributed by atoms with van der Waals surface area (Å²) in [6.07, 6.45) is 4.37. The number of carbonyl (C=O) groups is 1. The molecule has 86 valence electrons. The number of unbranched alkanes of at least 4 members (excludes halogenated alkanes) is 1. The van der Waals surface area contributed by atoms with Crippen LogP contribution in [-0.2, 0) is 19.0 Å². The molecule has 0 aromatic rings. The lowest BCUT2D eigenvalue weighted by atomic mass is 10.2. The number of methoxy groups -OCH3 is 1. The summed E-state index contributed by atoms with van der Waals surface area (Å²) in [6.45, 7) is 1.50. The van der Waals surface area contributed by atoms with Crippen LogP contribution in [0.15, 0.2) is 4.99 Å². The first-order valence-electron chi connectivity index (χ1n) is 5.11. The van der Waals surface area contributed by atoms with Crippen LogP contribution in [0.4, 0.5) is 0 Å². The molecule has 0 amide bonds. The van der Waals surface area contributed by atoms with E-state index in [0.717, 1.165) is 19.3 Å². The predicted octanol–water partition coefficient (Wildman–Crippen LogP) is 0.773. The first-order valence-corrected chi connectivity index (χ1v) is 5.11. The van der Waals surface area contributed by atoms with Gasteiger partial charge in [-0.15, -0.1) is 0 Å². The molecule has 0 aromatic carbocycles. The summed E-state index contributed by atoms with van der Waals surface area (Å²) in [7, 11) is 1.35. The Kier molecular flexibility index (Phi) is 5.96. The van der Waals surface area contributed by atoms with E-state index in [4.69, 9.17) is 9.47 Å². The van der Waals surface area contributed by atoms with Crippen molar-refractivity contribution in [2.75, 3.05) is 26.9 Å². The molecule has 0 unspecified atom stereocenters. The fourth-order valence-corrected chi connectivity index (χ4v) is 1.24. The van der Waals surface area contributed by atoms with Gasteiger partial charge in [-0.25, -0.2) is 0 Å². The molecule has 0 saturated carbocycles. The molecule has 5 heteroatoms. The first-order chi connectivity index (χ1) is 7.33. The number of aliphatic imine (C=N–C) groups is 1. The minimum atomic E-state index is -0.311. The first kappa shape index (κ1) is 12.1. The largest absolute Gasteiger partial charge is 0.468 e. The topological polar surface area (TPSA) is 57.1 Å². The van der Waals surface area contributed by atoms with Crippen molar-refractivity contribution in [2.45, 2.75) is 25.6 Å². The Balaban J connectivity index is 1.93. The molecule has 0 aliphatic carbocycles. The summed E-state index contributed by atoms with van der Waals surface area (Å²) in [5.41, 5.74) is 0. The molecule has 1 heterocycles. The summed E-state index contributed by atoms with van der Waals surface area (Å²) in [5.74, 6) is -0.311. The summed E-state index contributed by atoms with van der Waals surface area (Å²) in [6, 6.07) is 0. The highest BCUT2D eigenvalue weighted by Crippen LogP contribution is 2.10. The Morgan fingerprint density at radius 3 is 2.93 bits per heavy atom. The molecule has 1 rings (SSSR count). The van der Waals surface area contributed by atoms with Gasteiger partial charge < -0.3 is 14.2 Å². The van der Waals surface area contributed by atoms with Gasteiger partial charge >= 0.3 is 5.97 Å². The number of hydrogen-bond acceptors (Lipinski definition) is 5. The third-order valence-corrected chi connectivity index (χ3v) is 2.04. The van der Waals surface area contributed by atoms with Gasteiger partial charge in [0, 0.05) is 0 Å². The Labute approximate surface area is 89.4 Å². The Hall–Kier alpha value is -0.940. The molecule has 0 atom stereocenters. The second-order valence-electron chi connectivity index (χ2n) is 3.20. The van der Waals surface area contributed by atoms with Crippen LogP contribution in [0.5, 0.6) is 0 Å². The van der Waals surface area contributed by atoms with E-state index in [1.54, 1.807) is 6.21 Å². The molecular formula is C10H17NO4. The molecule has 0 bridgehead atoms. The maximum absolute atomic E-state index is 10.7. The number of ether oxygens (including phenoxy) is 3. The summed E-state index contributed by atoms with van der Waals surface area (Å²) in [5, 5.41) is 0. The summed E-state index contributed by atoms with van der Waals surface area (Å²) in [4.78, 5) is 14.6. The second-order valence-corrected chi connectivity index (χ2v) is 3.20. The van der Waals surface area contributed by atoms with Gasteiger partial charge in [0.05, 0.1) is 20.3 Å². The molecule has 1 aliphatic rings. The SMILES string of the molecule is COC(=O)CN=CCCCC1OCCO1. The van der Waals surface area contributed by atoms with Crippen LogP contribution in [0.2, 0.25) is 0 Å². The van der Waals surface area contributed by atoms with Crippen molar-refractivity contribution in [2.24, 2.45) is 4.99 Å². The van der Waals surface area contributed by atoms with Crippen LogP contribution in [-0.4, -0.2) is 45.3 Å². The van der Waals surface area contributed by atoms with E-state index < -0.39 is 0 Å². The van der Waals surface area contributed by atoms with Crippen LogP contribution >= 0.6 is 0 Å². The zero-order chi connectivity index (χ0) is 10.9. The zero-order valence-corrected chi connectivity index (χ0v) is 8.98. The molecule has 0 radical (unpaired) electrons.